The van der Waals surface area contributed by atoms with E-state index in [1.165, 1.54) is 7.05 Å². The van der Waals surface area contributed by atoms with Crippen LogP contribution in [0, 0.1) is 5.92 Å². The van der Waals surface area contributed by atoms with Gasteiger partial charge in [-0.15, -0.1) is 0 Å². The second-order valence-electron chi connectivity index (χ2n) is 6.95. The van der Waals surface area contributed by atoms with Crippen LogP contribution in [-0.2, 0) is 26.2 Å². The van der Waals surface area contributed by atoms with Crippen LogP contribution in [0.3, 0.4) is 0 Å². The maximum absolute atomic E-state index is 12.9. The zero-order valence-corrected chi connectivity index (χ0v) is 14.9. The van der Waals surface area contributed by atoms with Gasteiger partial charge in [-0.3, -0.25) is 4.68 Å². The molecule has 3 heterocycles. The lowest BCUT2D eigenvalue weighted by Gasteiger charge is -2.21. The summed E-state index contributed by atoms with van der Waals surface area (Å²) >= 11 is 0. The zero-order chi connectivity index (χ0) is 19.2. The van der Waals surface area contributed by atoms with Gasteiger partial charge in [-0.2, -0.15) is 18.3 Å². The molecule has 4 rings (SSSR count). The number of rotatable bonds is 3. The normalized spacial score (nSPS) is 17.1. The lowest BCUT2D eigenvalue weighted by Crippen LogP contribution is -2.25. The molecule has 1 aromatic carbocycles. The van der Waals surface area contributed by atoms with Gasteiger partial charge in [0.1, 0.15) is 11.5 Å². The molecule has 0 bridgehead atoms. The molecule has 1 unspecified atom stereocenters. The third-order valence-corrected chi connectivity index (χ3v) is 5.07. The average molecular weight is 375 g/mol. The topological polar surface area (TPSA) is 61.7 Å². The highest BCUT2D eigenvalue weighted by Crippen LogP contribution is 2.32. The SMILES string of the molecule is Cn1nc(-c2ccc(-c3cn4c(n3)CCC(CN)C4)cc2)cc1C(F)(F)F. The van der Waals surface area contributed by atoms with Crippen LogP contribution < -0.4 is 5.73 Å². The quantitative estimate of drug-likeness (QED) is 0.762. The van der Waals surface area contributed by atoms with Gasteiger partial charge in [-0.1, -0.05) is 24.3 Å². The Kier molecular flexibility index (Phi) is 4.30. The van der Waals surface area contributed by atoms with Crippen LogP contribution in [0.2, 0.25) is 0 Å². The molecule has 3 aromatic rings. The molecule has 0 spiro atoms. The highest BCUT2D eigenvalue weighted by atomic mass is 19.4. The van der Waals surface area contributed by atoms with Crippen LogP contribution in [0.5, 0.6) is 0 Å². The Morgan fingerprint density at radius 2 is 1.81 bits per heavy atom. The van der Waals surface area contributed by atoms with Crippen molar-refractivity contribution < 1.29 is 13.2 Å². The van der Waals surface area contributed by atoms with Gasteiger partial charge in [0.15, 0.2) is 0 Å². The van der Waals surface area contributed by atoms with Crippen molar-refractivity contribution in [2.75, 3.05) is 6.54 Å². The molecular weight excluding hydrogens is 355 g/mol. The van der Waals surface area contributed by atoms with E-state index in [1.54, 1.807) is 12.1 Å². The fraction of sp³-hybridized carbons (Fsp3) is 0.368. The van der Waals surface area contributed by atoms with Gasteiger partial charge in [-0.05, 0) is 24.9 Å². The predicted octanol–water partition coefficient (Wildman–Crippen LogP) is 3.49. The van der Waals surface area contributed by atoms with E-state index >= 15 is 0 Å². The number of aromatic nitrogens is 4. The minimum absolute atomic E-state index is 0.297. The molecule has 8 heteroatoms. The molecule has 0 fully saturated rings. The van der Waals surface area contributed by atoms with Gasteiger partial charge in [0.05, 0.1) is 11.4 Å². The molecule has 0 amide bonds. The second-order valence-corrected chi connectivity index (χ2v) is 6.95. The number of alkyl halides is 3. The van der Waals surface area contributed by atoms with Crippen LogP contribution in [0.25, 0.3) is 22.5 Å². The molecule has 0 saturated heterocycles. The van der Waals surface area contributed by atoms with Crippen molar-refractivity contribution in [3.63, 3.8) is 0 Å². The Labute approximate surface area is 154 Å². The van der Waals surface area contributed by atoms with E-state index in [9.17, 15) is 13.2 Å². The van der Waals surface area contributed by atoms with Crippen LogP contribution in [0.1, 0.15) is 17.9 Å². The third kappa shape index (κ3) is 3.37. The first kappa shape index (κ1) is 17.8. The first-order valence-electron chi connectivity index (χ1n) is 8.83. The number of imidazole rings is 1. The van der Waals surface area contributed by atoms with Crippen molar-refractivity contribution >= 4 is 0 Å². The van der Waals surface area contributed by atoms with Crippen molar-refractivity contribution in [2.24, 2.45) is 18.7 Å². The van der Waals surface area contributed by atoms with E-state index in [0.29, 0.717) is 23.7 Å². The summed E-state index contributed by atoms with van der Waals surface area (Å²) in [5.74, 6) is 1.53. The van der Waals surface area contributed by atoms with Crippen LogP contribution >= 0.6 is 0 Å². The Balaban J connectivity index is 1.59. The van der Waals surface area contributed by atoms with Crippen LogP contribution in [0.4, 0.5) is 13.2 Å². The van der Waals surface area contributed by atoms with E-state index in [4.69, 9.17) is 10.7 Å². The van der Waals surface area contributed by atoms with Gasteiger partial charge in [0, 0.05) is 37.3 Å². The van der Waals surface area contributed by atoms with Crippen molar-refractivity contribution in [2.45, 2.75) is 25.6 Å². The lowest BCUT2D eigenvalue weighted by molar-refractivity contribution is -0.143. The standard InChI is InChI=1S/C19H20F3N5/c1-26-17(19(20,21)22)8-15(25-26)13-3-5-14(6-4-13)16-11-27-10-12(9-23)2-7-18(27)24-16/h3-6,8,11-12H,2,7,9-10,23H2,1H3. The minimum Gasteiger partial charge on any atom is -0.334 e. The van der Waals surface area contributed by atoms with Gasteiger partial charge in [-0.25, -0.2) is 4.98 Å². The number of nitrogens with two attached hydrogens (primary N) is 1. The highest BCUT2D eigenvalue weighted by molar-refractivity contribution is 5.66. The highest BCUT2D eigenvalue weighted by Gasteiger charge is 2.35. The van der Waals surface area contributed by atoms with E-state index in [0.717, 1.165) is 47.2 Å². The number of hydrogen-bond acceptors (Lipinski definition) is 3. The van der Waals surface area contributed by atoms with E-state index in [2.05, 4.69) is 9.67 Å². The number of hydrogen-bond donors (Lipinski definition) is 1. The smallest absolute Gasteiger partial charge is 0.334 e. The fourth-order valence-corrected chi connectivity index (χ4v) is 3.53. The molecular formula is C19H20F3N5. The van der Waals surface area contributed by atoms with E-state index in [1.807, 2.05) is 18.3 Å². The monoisotopic (exact) mass is 375 g/mol. The summed E-state index contributed by atoms with van der Waals surface area (Å²) in [5.41, 5.74) is 7.74. The second kappa shape index (κ2) is 6.53. The van der Waals surface area contributed by atoms with E-state index < -0.39 is 11.9 Å². The summed E-state index contributed by atoms with van der Waals surface area (Å²) in [6, 6.07) is 8.35. The molecule has 2 aromatic heterocycles. The van der Waals surface area contributed by atoms with Crippen molar-refractivity contribution in [3.8, 4) is 22.5 Å². The van der Waals surface area contributed by atoms with Crippen LogP contribution in [-0.4, -0.2) is 25.9 Å². The number of aryl methyl sites for hydroxylation is 2. The molecule has 0 saturated carbocycles. The molecule has 27 heavy (non-hydrogen) atoms. The zero-order valence-electron chi connectivity index (χ0n) is 14.9. The molecule has 0 radical (unpaired) electrons. The van der Waals surface area contributed by atoms with Crippen molar-refractivity contribution in [1.82, 2.24) is 19.3 Å². The van der Waals surface area contributed by atoms with E-state index in [-0.39, 0.29) is 0 Å². The lowest BCUT2D eigenvalue weighted by atomic mass is 10.00. The van der Waals surface area contributed by atoms with Gasteiger partial charge >= 0.3 is 6.18 Å². The molecule has 5 nitrogen and oxygen atoms in total. The fourth-order valence-electron chi connectivity index (χ4n) is 3.53. The summed E-state index contributed by atoms with van der Waals surface area (Å²) in [6.07, 6.45) is -0.438. The van der Waals surface area contributed by atoms with Gasteiger partial charge in [0.25, 0.3) is 0 Å². The molecule has 142 valence electrons. The Morgan fingerprint density at radius 3 is 2.41 bits per heavy atom. The summed E-state index contributed by atoms with van der Waals surface area (Å²) < 4.78 is 41.9. The maximum atomic E-state index is 12.9. The summed E-state index contributed by atoms with van der Waals surface area (Å²) in [6.45, 7) is 1.55. The van der Waals surface area contributed by atoms with Crippen molar-refractivity contribution in [1.29, 1.82) is 0 Å². The van der Waals surface area contributed by atoms with Crippen molar-refractivity contribution in [3.05, 3.63) is 48.0 Å². The largest absolute Gasteiger partial charge is 0.433 e. The number of benzene rings is 1. The maximum Gasteiger partial charge on any atom is 0.433 e. The number of fused-ring (bicyclic) bond motifs is 1. The summed E-state index contributed by atoms with van der Waals surface area (Å²) in [7, 11) is 1.30. The van der Waals surface area contributed by atoms with Gasteiger partial charge in [0.2, 0.25) is 0 Å². The minimum atomic E-state index is -4.42. The number of halogens is 3. The first-order valence-corrected chi connectivity index (χ1v) is 8.83. The summed E-state index contributed by atoms with van der Waals surface area (Å²) in [4.78, 5) is 4.70. The molecule has 0 aliphatic carbocycles. The van der Waals surface area contributed by atoms with Crippen LogP contribution in [0.15, 0.2) is 36.5 Å². The molecule has 1 atom stereocenters. The van der Waals surface area contributed by atoms with Gasteiger partial charge < -0.3 is 10.3 Å². The Hall–Kier alpha value is -2.61. The Bertz CT molecular complexity index is 953. The number of nitrogens with zero attached hydrogens (tertiary/aromatic N) is 4. The third-order valence-electron chi connectivity index (χ3n) is 5.07. The molecule has 1 aliphatic rings. The Morgan fingerprint density at radius 1 is 1.15 bits per heavy atom. The first-order chi connectivity index (χ1) is 12.8. The molecule has 1 aliphatic heterocycles. The predicted molar refractivity (Wildman–Crippen MR) is 95.7 cm³/mol. The molecule has 2 N–H and O–H groups in total. The average Bonchev–Trinajstić information content (AvgIpc) is 3.24. The summed E-state index contributed by atoms with van der Waals surface area (Å²) in [5, 5.41) is 3.99.